The number of guanidine groups is 1. The SMILES string of the molecule is I.NC(=NCc1ccccc1-n1cccn1)Nc1ccc(OC(F)(F)F)cc1. The third kappa shape index (κ3) is 6.15. The maximum Gasteiger partial charge on any atom is 0.573 e. The molecule has 0 aliphatic rings. The number of halogens is 4. The fourth-order valence-electron chi connectivity index (χ4n) is 2.38. The van der Waals surface area contributed by atoms with Crippen molar-refractivity contribution in [3.63, 3.8) is 0 Å². The van der Waals surface area contributed by atoms with Crippen molar-refractivity contribution in [1.82, 2.24) is 9.78 Å². The van der Waals surface area contributed by atoms with Gasteiger partial charge in [0.15, 0.2) is 5.96 Å². The summed E-state index contributed by atoms with van der Waals surface area (Å²) in [5, 5.41) is 7.03. The largest absolute Gasteiger partial charge is 0.573 e. The zero-order valence-electron chi connectivity index (χ0n) is 14.4. The Kier molecular flexibility index (Phi) is 7.26. The number of anilines is 1. The summed E-state index contributed by atoms with van der Waals surface area (Å²) < 4.78 is 42.0. The van der Waals surface area contributed by atoms with Crippen LogP contribution in [0.4, 0.5) is 18.9 Å². The first-order chi connectivity index (χ1) is 12.9. The van der Waals surface area contributed by atoms with E-state index < -0.39 is 6.36 Å². The summed E-state index contributed by atoms with van der Waals surface area (Å²) in [6.07, 6.45) is -1.21. The molecule has 3 N–H and O–H groups in total. The smallest absolute Gasteiger partial charge is 0.406 e. The minimum atomic E-state index is -4.72. The van der Waals surface area contributed by atoms with Gasteiger partial charge in [0.25, 0.3) is 0 Å². The van der Waals surface area contributed by atoms with Gasteiger partial charge in [-0.3, -0.25) is 0 Å². The van der Waals surface area contributed by atoms with Crippen LogP contribution in [-0.4, -0.2) is 22.1 Å². The summed E-state index contributed by atoms with van der Waals surface area (Å²) in [4.78, 5) is 4.27. The molecule has 3 rings (SSSR count). The van der Waals surface area contributed by atoms with Crippen LogP contribution in [0.3, 0.4) is 0 Å². The highest BCUT2D eigenvalue weighted by Gasteiger charge is 2.30. The Hall–Kier alpha value is -2.76. The highest BCUT2D eigenvalue weighted by atomic mass is 127. The quantitative estimate of drug-likeness (QED) is 0.309. The molecular weight excluding hydrogens is 486 g/mol. The van der Waals surface area contributed by atoms with Gasteiger partial charge in [-0.05, 0) is 42.0 Å². The van der Waals surface area contributed by atoms with E-state index in [2.05, 4.69) is 20.1 Å². The Balaban J connectivity index is 0.00000280. The van der Waals surface area contributed by atoms with E-state index in [9.17, 15) is 13.2 Å². The zero-order chi connectivity index (χ0) is 19.3. The summed E-state index contributed by atoms with van der Waals surface area (Å²) in [5.74, 6) is -0.175. The standard InChI is InChI=1S/C18H16F3N5O.HI/c19-18(20,21)27-15-8-6-14(7-9-15)25-17(22)23-12-13-4-1-2-5-16(13)26-11-3-10-24-26;/h1-11H,12H2,(H3,22,23,25);1H. The minimum Gasteiger partial charge on any atom is -0.406 e. The molecule has 0 aliphatic heterocycles. The number of benzene rings is 2. The van der Waals surface area contributed by atoms with E-state index in [0.717, 1.165) is 11.3 Å². The number of hydrogen-bond donors (Lipinski definition) is 2. The highest BCUT2D eigenvalue weighted by molar-refractivity contribution is 14.0. The van der Waals surface area contributed by atoms with Crippen LogP contribution < -0.4 is 15.8 Å². The summed E-state index contributed by atoms with van der Waals surface area (Å²) in [7, 11) is 0. The number of para-hydroxylation sites is 1. The van der Waals surface area contributed by atoms with Crippen LogP contribution in [0.5, 0.6) is 5.75 Å². The first kappa shape index (κ1) is 21.5. The number of ether oxygens (including phenoxy) is 1. The molecule has 0 saturated carbocycles. The van der Waals surface area contributed by atoms with Crippen molar-refractivity contribution >= 4 is 35.6 Å². The van der Waals surface area contributed by atoms with E-state index in [4.69, 9.17) is 5.73 Å². The molecule has 2 aromatic carbocycles. The molecule has 3 aromatic rings. The second kappa shape index (κ2) is 9.44. The van der Waals surface area contributed by atoms with Gasteiger partial charge in [-0.15, -0.1) is 37.1 Å². The molecule has 0 aliphatic carbocycles. The fourth-order valence-corrected chi connectivity index (χ4v) is 2.38. The number of nitrogens with one attached hydrogen (secondary N) is 1. The first-order valence-corrected chi connectivity index (χ1v) is 7.91. The molecule has 0 saturated heterocycles. The third-order valence-corrected chi connectivity index (χ3v) is 3.52. The van der Waals surface area contributed by atoms with Crippen LogP contribution in [-0.2, 0) is 6.54 Å². The molecule has 148 valence electrons. The minimum absolute atomic E-state index is 0. The Bertz CT molecular complexity index is 912. The highest BCUT2D eigenvalue weighted by Crippen LogP contribution is 2.24. The van der Waals surface area contributed by atoms with Gasteiger partial charge >= 0.3 is 6.36 Å². The molecule has 1 aromatic heterocycles. The van der Waals surface area contributed by atoms with Gasteiger partial charge in [0.1, 0.15) is 5.75 Å². The van der Waals surface area contributed by atoms with Crippen LogP contribution >= 0.6 is 24.0 Å². The van der Waals surface area contributed by atoms with Crippen LogP contribution in [0.2, 0.25) is 0 Å². The van der Waals surface area contributed by atoms with Crippen molar-refractivity contribution in [2.45, 2.75) is 12.9 Å². The van der Waals surface area contributed by atoms with E-state index >= 15 is 0 Å². The monoisotopic (exact) mass is 503 g/mol. The van der Waals surface area contributed by atoms with Crippen molar-refractivity contribution in [2.24, 2.45) is 10.7 Å². The van der Waals surface area contributed by atoms with Crippen molar-refractivity contribution < 1.29 is 17.9 Å². The molecule has 0 radical (unpaired) electrons. The lowest BCUT2D eigenvalue weighted by molar-refractivity contribution is -0.274. The molecule has 6 nitrogen and oxygen atoms in total. The maximum absolute atomic E-state index is 12.2. The van der Waals surface area contributed by atoms with Gasteiger partial charge in [0.05, 0.1) is 12.2 Å². The van der Waals surface area contributed by atoms with E-state index in [1.54, 1.807) is 10.9 Å². The van der Waals surface area contributed by atoms with Gasteiger partial charge in [0, 0.05) is 18.1 Å². The van der Waals surface area contributed by atoms with Crippen molar-refractivity contribution in [2.75, 3.05) is 5.32 Å². The predicted molar refractivity (Wildman–Crippen MR) is 111 cm³/mol. The van der Waals surface area contributed by atoms with E-state index in [-0.39, 0.29) is 35.7 Å². The van der Waals surface area contributed by atoms with Gasteiger partial charge in [-0.1, -0.05) is 18.2 Å². The van der Waals surface area contributed by atoms with Crippen molar-refractivity contribution in [1.29, 1.82) is 0 Å². The number of nitrogens with zero attached hydrogens (tertiary/aromatic N) is 3. The van der Waals surface area contributed by atoms with Gasteiger partial charge < -0.3 is 15.8 Å². The number of aliphatic imine (C=N–C) groups is 1. The topological polar surface area (TPSA) is 77.5 Å². The fraction of sp³-hybridized carbons (Fsp3) is 0.111. The number of rotatable bonds is 5. The summed E-state index contributed by atoms with van der Waals surface area (Å²) in [6, 6.07) is 14.7. The predicted octanol–water partition coefficient (Wildman–Crippen LogP) is 4.32. The van der Waals surface area contributed by atoms with E-state index in [1.807, 2.05) is 36.5 Å². The van der Waals surface area contributed by atoms with E-state index in [0.29, 0.717) is 12.2 Å². The lowest BCUT2D eigenvalue weighted by Crippen LogP contribution is -2.22. The molecule has 0 fully saturated rings. The van der Waals surface area contributed by atoms with Gasteiger partial charge in [-0.2, -0.15) is 5.10 Å². The van der Waals surface area contributed by atoms with Crippen LogP contribution in [0.15, 0.2) is 72.0 Å². The Morgan fingerprint density at radius 2 is 1.82 bits per heavy atom. The molecule has 0 amide bonds. The van der Waals surface area contributed by atoms with Crippen LogP contribution in [0, 0.1) is 0 Å². The van der Waals surface area contributed by atoms with Crippen LogP contribution in [0.1, 0.15) is 5.56 Å². The molecule has 1 heterocycles. The third-order valence-electron chi connectivity index (χ3n) is 3.52. The van der Waals surface area contributed by atoms with Crippen molar-refractivity contribution in [3.05, 3.63) is 72.6 Å². The first-order valence-electron chi connectivity index (χ1n) is 7.91. The van der Waals surface area contributed by atoms with Gasteiger partial charge in [0.2, 0.25) is 0 Å². The lowest BCUT2D eigenvalue weighted by atomic mass is 10.2. The number of alkyl halides is 3. The number of aromatic nitrogens is 2. The molecule has 10 heteroatoms. The summed E-state index contributed by atoms with van der Waals surface area (Å²) in [6.45, 7) is 0.310. The summed E-state index contributed by atoms with van der Waals surface area (Å²) >= 11 is 0. The molecule has 0 bridgehead atoms. The number of nitrogens with two attached hydrogens (primary N) is 1. The summed E-state index contributed by atoms with van der Waals surface area (Å²) in [5.41, 5.74) is 8.16. The zero-order valence-corrected chi connectivity index (χ0v) is 16.8. The second-order valence-electron chi connectivity index (χ2n) is 5.48. The molecule has 0 unspecified atom stereocenters. The van der Waals surface area contributed by atoms with Crippen molar-refractivity contribution in [3.8, 4) is 11.4 Å². The Morgan fingerprint density at radius 1 is 1.11 bits per heavy atom. The normalized spacial score (nSPS) is 11.6. The Labute approximate surface area is 176 Å². The van der Waals surface area contributed by atoms with Crippen LogP contribution in [0.25, 0.3) is 5.69 Å². The Morgan fingerprint density at radius 3 is 2.46 bits per heavy atom. The number of hydrogen-bond acceptors (Lipinski definition) is 3. The molecule has 0 atom stereocenters. The van der Waals surface area contributed by atoms with Gasteiger partial charge in [-0.25, -0.2) is 9.67 Å². The maximum atomic E-state index is 12.2. The average Bonchev–Trinajstić information content (AvgIpc) is 3.15. The molecule has 0 spiro atoms. The average molecular weight is 503 g/mol. The second-order valence-corrected chi connectivity index (χ2v) is 5.48. The van der Waals surface area contributed by atoms with E-state index in [1.165, 1.54) is 24.3 Å². The lowest BCUT2D eigenvalue weighted by Gasteiger charge is -2.11. The molecule has 28 heavy (non-hydrogen) atoms. The molecular formula is C18H17F3IN5O.